The molecule has 0 heterocycles. The molecule has 1 aliphatic rings. The third kappa shape index (κ3) is 2.71. The van der Waals surface area contributed by atoms with E-state index in [0.717, 1.165) is 11.1 Å². The van der Waals surface area contributed by atoms with Crippen LogP contribution in [0.3, 0.4) is 0 Å². The van der Waals surface area contributed by atoms with Crippen LogP contribution in [-0.4, -0.2) is 24.3 Å². The number of alkyl halides is 2. The lowest BCUT2D eigenvalue weighted by Crippen LogP contribution is -2.44. The van der Waals surface area contributed by atoms with Gasteiger partial charge in [-0.3, -0.25) is 4.79 Å². The first-order chi connectivity index (χ1) is 9.46. The third-order valence-corrected chi connectivity index (χ3v) is 3.56. The van der Waals surface area contributed by atoms with Crippen molar-refractivity contribution in [1.82, 2.24) is 0 Å². The summed E-state index contributed by atoms with van der Waals surface area (Å²) in [5.41, 5.74) is 1.98. The molecule has 1 aromatic carbocycles. The zero-order valence-corrected chi connectivity index (χ0v) is 11.2. The summed E-state index contributed by atoms with van der Waals surface area (Å²) in [5.74, 6) is -7.95. The average molecular weight is 282 g/mol. The van der Waals surface area contributed by atoms with Gasteiger partial charge in [-0.25, -0.2) is 4.79 Å². The number of rotatable bonds is 4. The first-order valence-electron chi connectivity index (χ1n) is 6.63. The van der Waals surface area contributed by atoms with E-state index < -0.39 is 23.6 Å². The van der Waals surface area contributed by atoms with Crippen LogP contribution >= 0.6 is 0 Å². The van der Waals surface area contributed by atoms with Gasteiger partial charge in [-0.1, -0.05) is 24.3 Å². The number of carbonyl (C=O) groups excluding carboxylic acids is 2. The SMILES string of the molecule is CCOC(=O)C(F)(F)C(=O)C1CCc2ccccc2C1. The molecule has 5 heteroatoms. The van der Waals surface area contributed by atoms with E-state index in [1.807, 2.05) is 24.3 Å². The molecule has 0 aliphatic heterocycles. The summed E-state index contributed by atoms with van der Waals surface area (Å²) in [6.07, 6.45) is 1.17. The molecule has 3 nitrogen and oxygen atoms in total. The van der Waals surface area contributed by atoms with Crippen LogP contribution in [0.1, 0.15) is 24.5 Å². The lowest BCUT2D eigenvalue weighted by molar-refractivity contribution is -0.178. The lowest BCUT2D eigenvalue weighted by Gasteiger charge is -2.25. The van der Waals surface area contributed by atoms with Crippen LogP contribution in [0, 0.1) is 5.92 Å². The van der Waals surface area contributed by atoms with E-state index in [4.69, 9.17) is 0 Å². The predicted molar refractivity (Wildman–Crippen MR) is 68.5 cm³/mol. The summed E-state index contributed by atoms with van der Waals surface area (Å²) >= 11 is 0. The molecule has 0 amide bonds. The molecular formula is C15H16F2O3. The number of halogens is 2. The van der Waals surface area contributed by atoms with Gasteiger partial charge < -0.3 is 4.74 Å². The van der Waals surface area contributed by atoms with Crippen LogP contribution in [0.2, 0.25) is 0 Å². The Morgan fingerprint density at radius 2 is 1.95 bits per heavy atom. The molecule has 20 heavy (non-hydrogen) atoms. The number of esters is 1. The topological polar surface area (TPSA) is 43.4 Å². The Hall–Kier alpha value is -1.78. The van der Waals surface area contributed by atoms with Crippen LogP contribution < -0.4 is 0 Å². The van der Waals surface area contributed by atoms with Crippen LogP contribution in [0.4, 0.5) is 8.78 Å². The molecule has 1 aliphatic carbocycles. The first-order valence-corrected chi connectivity index (χ1v) is 6.63. The average Bonchev–Trinajstić information content (AvgIpc) is 2.46. The van der Waals surface area contributed by atoms with E-state index in [1.165, 1.54) is 6.92 Å². The number of ketones is 1. The Morgan fingerprint density at radius 1 is 1.30 bits per heavy atom. The minimum Gasteiger partial charge on any atom is -0.461 e. The van der Waals surface area contributed by atoms with Crippen LogP contribution in [-0.2, 0) is 27.2 Å². The van der Waals surface area contributed by atoms with Crippen molar-refractivity contribution in [2.24, 2.45) is 5.92 Å². The van der Waals surface area contributed by atoms with Gasteiger partial charge in [0.15, 0.2) is 0 Å². The molecule has 0 N–H and O–H groups in total. The smallest absolute Gasteiger partial charge is 0.400 e. The van der Waals surface area contributed by atoms with Crippen molar-refractivity contribution in [3.63, 3.8) is 0 Å². The summed E-state index contributed by atoms with van der Waals surface area (Å²) in [4.78, 5) is 23.1. The highest BCUT2D eigenvalue weighted by Gasteiger charge is 2.51. The molecule has 0 saturated carbocycles. The van der Waals surface area contributed by atoms with Crippen LogP contribution in [0.5, 0.6) is 0 Å². The number of benzene rings is 1. The highest BCUT2D eigenvalue weighted by Crippen LogP contribution is 2.31. The largest absolute Gasteiger partial charge is 0.461 e. The summed E-state index contributed by atoms with van der Waals surface area (Å²) in [5, 5.41) is 0. The second-order valence-electron chi connectivity index (χ2n) is 4.87. The Labute approximate surface area is 115 Å². The Kier molecular flexibility index (Phi) is 4.16. The van der Waals surface area contributed by atoms with E-state index in [1.54, 1.807) is 0 Å². The van der Waals surface area contributed by atoms with Gasteiger partial charge in [-0.05, 0) is 37.3 Å². The molecule has 0 bridgehead atoms. The number of ether oxygens (including phenoxy) is 1. The third-order valence-electron chi connectivity index (χ3n) is 3.56. The second kappa shape index (κ2) is 5.69. The summed E-state index contributed by atoms with van der Waals surface area (Å²) in [7, 11) is 0. The summed E-state index contributed by atoms with van der Waals surface area (Å²) < 4.78 is 31.7. The van der Waals surface area contributed by atoms with Crippen molar-refractivity contribution in [2.75, 3.05) is 6.61 Å². The van der Waals surface area contributed by atoms with Crippen LogP contribution in [0.25, 0.3) is 0 Å². The summed E-state index contributed by atoms with van der Waals surface area (Å²) in [6.45, 7) is 1.25. The standard InChI is InChI=1S/C15H16F2O3/c1-2-20-14(19)15(16,17)13(18)12-8-7-10-5-3-4-6-11(10)9-12/h3-6,12H,2,7-9H2,1H3. The van der Waals surface area contributed by atoms with E-state index >= 15 is 0 Å². The number of Topliss-reactive ketones (excluding diaryl/α,β-unsaturated/α-hetero) is 1. The normalized spacial score (nSPS) is 18.2. The fraction of sp³-hybridized carbons (Fsp3) is 0.467. The molecule has 1 unspecified atom stereocenters. The summed E-state index contributed by atoms with van der Waals surface area (Å²) in [6, 6.07) is 7.46. The number of hydrogen-bond acceptors (Lipinski definition) is 3. The van der Waals surface area contributed by atoms with Gasteiger partial charge in [0.05, 0.1) is 6.61 Å². The van der Waals surface area contributed by atoms with Gasteiger partial charge >= 0.3 is 11.9 Å². The molecule has 0 saturated heterocycles. The van der Waals surface area contributed by atoms with E-state index in [0.29, 0.717) is 12.8 Å². The first kappa shape index (κ1) is 14.6. The van der Waals surface area contributed by atoms with Crippen molar-refractivity contribution in [2.45, 2.75) is 32.1 Å². The molecule has 0 fully saturated rings. The number of fused-ring (bicyclic) bond motifs is 1. The Balaban J connectivity index is 2.13. The molecule has 0 aromatic heterocycles. The maximum Gasteiger partial charge on any atom is 0.400 e. The van der Waals surface area contributed by atoms with Crippen molar-refractivity contribution in [3.05, 3.63) is 35.4 Å². The number of aryl methyl sites for hydroxylation is 1. The van der Waals surface area contributed by atoms with Crippen molar-refractivity contribution in [3.8, 4) is 0 Å². The fourth-order valence-corrected chi connectivity index (χ4v) is 2.50. The fourth-order valence-electron chi connectivity index (χ4n) is 2.50. The molecule has 1 atom stereocenters. The molecule has 2 rings (SSSR count). The second-order valence-corrected chi connectivity index (χ2v) is 4.87. The minimum atomic E-state index is -4.05. The molecule has 108 valence electrons. The van der Waals surface area contributed by atoms with E-state index in [2.05, 4.69) is 4.74 Å². The minimum absolute atomic E-state index is 0.171. The van der Waals surface area contributed by atoms with Gasteiger partial charge in [0.25, 0.3) is 0 Å². The highest BCUT2D eigenvalue weighted by atomic mass is 19.3. The highest BCUT2D eigenvalue weighted by molar-refractivity contribution is 6.06. The van der Waals surface area contributed by atoms with Crippen molar-refractivity contribution < 1.29 is 23.1 Å². The van der Waals surface area contributed by atoms with E-state index in [9.17, 15) is 18.4 Å². The quantitative estimate of drug-likeness (QED) is 0.629. The van der Waals surface area contributed by atoms with Gasteiger partial charge in [-0.2, -0.15) is 8.78 Å². The zero-order valence-electron chi connectivity index (χ0n) is 11.2. The van der Waals surface area contributed by atoms with Gasteiger partial charge in [0, 0.05) is 5.92 Å². The van der Waals surface area contributed by atoms with Crippen LogP contribution in [0.15, 0.2) is 24.3 Å². The van der Waals surface area contributed by atoms with Gasteiger partial charge in [0.1, 0.15) is 0 Å². The predicted octanol–water partition coefficient (Wildman–Crippen LogP) is 2.56. The Morgan fingerprint density at radius 3 is 2.60 bits per heavy atom. The molecule has 1 aromatic rings. The van der Waals surface area contributed by atoms with Gasteiger partial charge in [0.2, 0.25) is 5.78 Å². The maximum absolute atomic E-state index is 13.7. The Bertz CT molecular complexity index is 526. The molecule has 0 spiro atoms. The van der Waals surface area contributed by atoms with E-state index in [-0.39, 0.29) is 13.0 Å². The number of hydrogen-bond donors (Lipinski definition) is 0. The lowest BCUT2D eigenvalue weighted by atomic mass is 9.80. The monoisotopic (exact) mass is 282 g/mol. The maximum atomic E-state index is 13.7. The molecular weight excluding hydrogens is 266 g/mol. The van der Waals surface area contributed by atoms with Crippen molar-refractivity contribution >= 4 is 11.8 Å². The number of carbonyl (C=O) groups is 2. The van der Waals surface area contributed by atoms with Gasteiger partial charge in [-0.15, -0.1) is 0 Å². The molecule has 0 radical (unpaired) electrons. The van der Waals surface area contributed by atoms with Crippen molar-refractivity contribution in [1.29, 1.82) is 0 Å². The zero-order chi connectivity index (χ0) is 14.8.